The lowest BCUT2D eigenvalue weighted by molar-refractivity contribution is 1.10. The first-order chi connectivity index (χ1) is 39.2. The third-order valence-corrected chi connectivity index (χ3v) is 14.3. The summed E-state index contributed by atoms with van der Waals surface area (Å²) >= 11 is 0. The van der Waals surface area contributed by atoms with Crippen molar-refractivity contribution < 1.29 is 0 Å². The van der Waals surface area contributed by atoms with Gasteiger partial charge < -0.3 is 9.13 Å². The van der Waals surface area contributed by atoms with Crippen LogP contribution in [0.15, 0.2) is 182 Å². The van der Waals surface area contributed by atoms with Gasteiger partial charge in [-0.3, -0.25) is 4.98 Å². The first-order valence-electron chi connectivity index (χ1n) is 24.5. The molecular weight excluding hydrogens is 985 g/mol. The van der Waals surface area contributed by atoms with Crippen molar-refractivity contribution in [1.29, 1.82) is 21.0 Å². The van der Waals surface area contributed by atoms with E-state index in [1.54, 1.807) is 85.2 Å². The standard InChI is InChI=1S/C68H30N12/c1-73-53-23-42(38-71)21-50(25-53)46-7-11-64-59(30-46)58-29-45(49-19-40(36-69)18-41(20-49)37-70)6-10-63(58)79(64)67-34-57(44-14-16-78-17-15-44)62(77-5)35-68(67)80-65-12-8-47(51-22-43(39-72)24-54(26-51)74-2)31-60(65)61-32-48(9-13-66(61)80)52-27-55(75-3)33-56(28-52)76-4/h6-35H. The molecule has 9 aromatic carbocycles. The van der Waals surface area contributed by atoms with Gasteiger partial charge in [-0.1, -0.05) is 42.5 Å². The SMILES string of the molecule is [C-]#[N+]c1cc(C#N)cc(-c2ccc3c(c2)c2cc(-c4cc([N+]#[C-])cc([N+]#[C-])c4)ccc2n3-c2cc([N+]#[C-])c(-c3ccncc3)cc2-n2c3ccc(-c4cc(C#N)cc(C#N)c4)cc3c3cc(-c4cc(C#N)cc([N+]#[C-])c4)ccc32)c1. The molecule has 0 bridgehead atoms. The Morgan fingerprint density at radius 2 is 0.650 bits per heavy atom. The molecule has 0 fully saturated rings. The van der Waals surface area contributed by atoms with E-state index in [1.807, 2.05) is 97.1 Å². The molecule has 3 heterocycles. The molecule has 0 atom stereocenters. The molecule has 12 aromatic rings. The van der Waals surface area contributed by atoms with Gasteiger partial charge >= 0.3 is 0 Å². The van der Waals surface area contributed by atoms with Gasteiger partial charge in [-0.15, -0.1) is 0 Å². The summed E-state index contributed by atoms with van der Waals surface area (Å²) in [5.74, 6) is 0. The zero-order valence-electron chi connectivity index (χ0n) is 41.7. The van der Waals surface area contributed by atoms with Crippen LogP contribution in [0.3, 0.4) is 0 Å². The number of rotatable bonds is 7. The van der Waals surface area contributed by atoms with Crippen LogP contribution >= 0.6 is 0 Å². The maximum Gasteiger partial charge on any atom is 0.197 e. The van der Waals surface area contributed by atoms with Gasteiger partial charge in [0.1, 0.15) is 0 Å². The van der Waals surface area contributed by atoms with Gasteiger partial charge in [-0.05, 0) is 183 Å². The molecule has 12 nitrogen and oxygen atoms in total. The number of pyridine rings is 1. The normalized spacial score (nSPS) is 10.6. The van der Waals surface area contributed by atoms with Crippen molar-refractivity contribution in [3.63, 3.8) is 0 Å². The van der Waals surface area contributed by atoms with Crippen LogP contribution < -0.4 is 0 Å². The summed E-state index contributed by atoms with van der Waals surface area (Å²) in [6.45, 7) is 40.0. The summed E-state index contributed by atoms with van der Waals surface area (Å²) in [5, 5.41) is 43.3. The van der Waals surface area contributed by atoms with Crippen molar-refractivity contribution in [2.45, 2.75) is 0 Å². The van der Waals surface area contributed by atoms with E-state index in [0.29, 0.717) is 89.9 Å². The van der Waals surface area contributed by atoms with E-state index in [9.17, 15) is 21.0 Å². The predicted molar refractivity (Wildman–Crippen MR) is 310 cm³/mol. The Morgan fingerprint density at radius 3 is 1.01 bits per heavy atom. The number of hydrogen-bond donors (Lipinski definition) is 0. The van der Waals surface area contributed by atoms with Crippen LogP contribution in [-0.2, 0) is 0 Å². The Bertz CT molecular complexity index is 4730. The number of benzene rings is 9. The molecule has 0 saturated carbocycles. The van der Waals surface area contributed by atoms with Crippen molar-refractivity contribution in [3.8, 4) is 91.3 Å². The van der Waals surface area contributed by atoms with E-state index >= 15 is 0 Å². The van der Waals surface area contributed by atoms with E-state index in [1.165, 1.54) is 0 Å². The van der Waals surface area contributed by atoms with Crippen LogP contribution in [0.4, 0.5) is 28.4 Å². The molecule has 362 valence electrons. The minimum atomic E-state index is 0.321. The van der Waals surface area contributed by atoms with Crippen LogP contribution in [0, 0.1) is 78.2 Å². The number of aromatic nitrogens is 3. The minimum absolute atomic E-state index is 0.321. The van der Waals surface area contributed by atoms with Crippen molar-refractivity contribution in [3.05, 3.63) is 262 Å². The molecule has 12 heteroatoms. The summed E-state index contributed by atoms with van der Waals surface area (Å²) in [6.07, 6.45) is 3.37. The number of fused-ring (bicyclic) bond motifs is 6. The van der Waals surface area contributed by atoms with E-state index in [-0.39, 0.29) is 0 Å². The largest absolute Gasteiger partial charge is 0.308 e. The molecule has 0 spiro atoms. The average molecular weight is 1020 g/mol. The molecule has 12 rings (SSSR count). The molecule has 0 aliphatic rings. The first kappa shape index (κ1) is 48.1. The highest BCUT2D eigenvalue weighted by molar-refractivity contribution is 6.14. The van der Waals surface area contributed by atoms with Gasteiger partial charge in [0.25, 0.3) is 0 Å². The Labute approximate surface area is 457 Å². The fourth-order valence-corrected chi connectivity index (χ4v) is 10.7. The smallest absolute Gasteiger partial charge is 0.197 e. The van der Waals surface area contributed by atoms with Crippen LogP contribution in [0.25, 0.3) is 135 Å². The summed E-state index contributed by atoms with van der Waals surface area (Å²) in [7, 11) is 0. The average Bonchev–Trinajstić information content (AvgIpc) is 4.16. The monoisotopic (exact) mass is 1010 g/mol. The maximum atomic E-state index is 10.0. The Kier molecular flexibility index (Phi) is 11.7. The van der Waals surface area contributed by atoms with Gasteiger partial charge in [0.2, 0.25) is 0 Å². The molecule has 0 radical (unpaired) electrons. The van der Waals surface area contributed by atoms with Crippen molar-refractivity contribution in [1.82, 2.24) is 14.1 Å². The van der Waals surface area contributed by atoms with E-state index in [0.717, 1.165) is 71.4 Å². The van der Waals surface area contributed by atoms with Crippen LogP contribution in [0.1, 0.15) is 22.3 Å². The molecule has 0 unspecified atom stereocenters. The molecular formula is C68H30N12. The van der Waals surface area contributed by atoms with Crippen LogP contribution in [0.5, 0.6) is 0 Å². The first-order valence-corrected chi connectivity index (χ1v) is 24.5. The zero-order chi connectivity index (χ0) is 55.2. The highest BCUT2D eigenvalue weighted by atomic mass is 15.1. The summed E-state index contributed by atoms with van der Waals surface area (Å²) < 4.78 is 4.29. The fraction of sp³-hybridized carbons (Fsp3) is 0. The third kappa shape index (κ3) is 8.17. The van der Waals surface area contributed by atoms with Gasteiger partial charge in [-0.25, -0.2) is 24.2 Å². The maximum absolute atomic E-state index is 10.0. The van der Waals surface area contributed by atoms with Gasteiger partial charge in [-0.2, -0.15) is 21.0 Å². The lowest BCUT2D eigenvalue weighted by Gasteiger charge is -2.20. The van der Waals surface area contributed by atoms with Crippen molar-refractivity contribution in [2.24, 2.45) is 0 Å². The Hall–Kier alpha value is -12.9. The van der Waals surface area contributed by atoms with Crippen LogP contribution in [-0.4, -0.2) is 14.1 Å². The van der Waals surface area contributed by atoms with E-state index in [2.05, 4.69) is 62.6 Å². The van der Waals surface area contributed by atoms with Gasteiger partial charge in [0.15, 0.2) is 28.4 Å². The van der Waals surface area contributed by atoms with Crippen molar-refractivity contribution in [2.75, 3.05) is 0 Å². The number of nitriles is 4. The second kappa shape index (κ2) is 19.4. The second-order valence-electron chi connectivity index (χ2n) is 18.8. The summed E-state index contributed by atoms with van der Waals surface area (Å²) in [5.41, 5.74) is 14.6. The molecule has 0 amide bonds. The summed E-state index contributed by atoms with van der Waals surface area (Å²) in [4.78, 5) is 23.1. The predicted octanol–water partition coefficient (Wildman–Crippen LogP) is 17.9. The van der Waals surface area contributed by atoms with E-state index in [4.69, 9.17) is 32.9 Å². The lowest BCUT2D eigenvalue weighted by atomic mass is 9.97. The van der Waals surface area contributed by atoms with Crippen molar-refractivity contribution >= 4 is 72.0 Å². The minimum Gasteiger partial charge on any atom is -0.308 e. The molecule has 0 aliphatic carbocycles. The van der Waals surface area contributed by atoms with Gasteiger partial charge in [0, 0.05) is 45.1 Å². The Balaban J connectivity index is 1.21. The third-order valence-electron chi connectivity index (χ3n) is 14.3. The topological polar surface area (TPSA) is 140 Å². The van der Waals surface area contributed by atoms with Gasteiger partial charge in [0.05, 0.1) is 102 Å². The summed E-state index contributed by atoms with van der Waals surface area (Å²) in [6, 6.07) is 60.7. The second-order valence-corrected chi connectivity index (χ2v) is 18.8. The number of nitrogens with zero attached hydrogens (tertiary/aromatic N) is 12. The highest BCUT2D eigenvalue weighted by Crippen LogP contribution is 2.46. The highest BCUT2D eigenvalue weighted by Gasteiger charge is 2.24. The molecule has 80 heavy (non-hydrogen) atoms. The lowest BCUT2D eigenvalue weighted by Crippen LogP contribution is -2.04. The molecule has 0 saturated heterocycles. The quantitative estimate of drug-likeness (QED) is 0.146. The molecule has 3 aromatic heterocycles. The van der Waals surface area contributed by atoms with Crippen LogP contribution in [0.2, 0.25) is 0 Å². The Morgan fingerprint density at radius 1 is 0.312 bits per heavy atom. The molecule has 0 N–H and O–H groups in total. The number of hydrogen-bond acceptors (Lipinski definition) is 5. The fourth-order valence-electron chi connectivity index (χ4n) is 10.7. The zero-order valence-corrected chi connectivity index (χ0v) is 41.7. The van der Waals surface area contributed by atoms with E-state index < -0.39 is 0 Å². The molecule has 0 aliphatic heterocycles.